The molecule has 0 saturated carbocycles. The quantitative estimate of drug-likeness (QED) is 0.502. The first kappa shape index (κ1) is 11.5. The van der Waals surface area contributed by atoms with Crippen LogP contribution in [0.5, 0.6) is 0 Å². The standard InChI is InChI=1S/C4H9NO5S2/c6-11(7)5-3-1-2-4-12(8,9)10/h1-4H2,(H,8,9,10). The molecule has 0 fully saturated rings. The molecular formula is C4H9NO5S2. The van der Waals surface area contributed by atoms with Crippen LogP contribution < -0.4 is 0 Å². The van der Waals surface area contributed by atoms with Crippen molar-refractivity contribution in [2.45, 2.75) is 12.8 Å². The molecule has 8 heteroatoms. The van der Waals surface area contributed by atoms with Gasteiger partial charge < -0.3 is 0 Å². The average Bonchev–Trinajstić information content (AvgIpc) is 1.83. The van der Waals surface area contributed by atoms with Crippen LogP contribution in [-0.2, 0) is 20.6 Å². The molecule has 6 nitrogen and oxygen atoms in total. The third-order valence-corrected chi connectivity index (χ3v) is 2.21. The molecule has 0 aromatic carbocycles. The lowest BCUT2D eigenvalue weighted by molar-refractivity contribution is 0.480. The molecule has 0 bridgehead atoms. The van der Waals surface area contributed by atoms with Crippen LogP contribution in [-0.4, -0.2) is 33.7 Å². The molecular weight excluding hydrogens is 206 g/mol. The molecule has 72 valence electrons. The maximum absolute atomic E-state index is 10.1. The maximum atomic E-state index is 10.1. The average molecular weight is 215 g/mol. The van der Waals surface area contributed by atoms with Crippen LogP contribution in [0.25, 0.3) is 0 Å². The Balaban J connectivity index is 3.54. The summed E-state index contributed by atoms with van der Waals surface area (Å²) in [6, 6.07) is 0. The molecule has 0 aromatic heterocycles. The number of rotatable bonds is 5. The van der Waals surface area contributed by atoms with Crippen molar-refractivity contribution in [2.24, 2.45) is 4.36 Å². The summed E-state index contributed by atoms with van der Waals surface area (Å²) >= 11 is 0. The van der Waals surface area contributed by atoms with E-state index in [2.05, 4.69) is 4.36 Å². The summed E-state index contributed by atoms with van der Waals surface area (Å²) in [5.41, 5.74) is 0. The Labute approximate surface area is 72.1 Å². The lowest BCUT2D eigenvalue weighted by atomic mass is 10.3. The molecule has 1 N–H and O–H groups in total. The van der Waals surface area contributed by atoms with Crippen LogP contribution >= 0.6 is 0 Å². The van der Waals surface area contributed by atoms with Crippen LogP contribution in [0, 0.1) is 0 Å². The van der Waals surface area contributed by atoms with Gasteiger partial charge in [-0.2, -0.15) is 21.2 Å². The van der Waals surface area contributed by atoms with Gasteiger partial charge in [-0.25, -0.2) is 0 Å². The first-order valence-corrected chi connectivity index (χ1v) is 5.78. The van der Waals surface area contributed by atoms with Gasteiger partial charge in [0.2, 0.25) is 0 Å². The Morgan fingerprint density at radius 3 is 2.25 bits per heavy atom. The molecule has 12 heavy (non-hydrogen) atoms. The third kappa shape index (κ3) is 9.53. The fraction of sp³-hybridized carbons (Fsp3) is 1.00. The molecule has 0 aliphatic carbocycles. The molecule has 0 aliphatic heterocycles. The van der Waals surface area contributed by atoms with Crippen molar-refractivity contribution in [3.63, 3.8) is 0 Å². The second-order valence-corrected chi connectivity index (χ2v) is 4.33. The van der Waals surface area contributed by atoms with Gasteiger partial charge in [-0.05, 0) is 12.8 Å². The predicted molar refractivity (Wildman–Crippen MR) is 41.9 cm³/mol. The highest BCUT2D eigenvalue weighted by molar-refractivity contribution is 7.85. The van der Waals surface area contributed by atoms with Gasteiger partial charge in [0.1, 0.15) is 0 Å². The van der Waals surface area contributed by atoms with Crippen LogP contribution in [0.2, 0.25) is 0 Å². The molecule has 0 atom stereocenters. The van der Waals surface area contributed by atoms with Crippen molar-refractivity contribution in [2.75, 3.05) is 12.3 Å². The van der Waals surface area contributed by atoms with Gasteiger partial charge in [-0.1, -0.05) is 0 Å². The number of nitrogens with zero attached hydrogens (tertiary/aromatic N) is 1. The van der Waals surface area contributed by atoms with E-state index in [0.29, 0.717) is 6.42 Å². The molecule has 0 amide bonds. The molecule has 0 radical (unpaired) electrons. The summed E-state index contributed by atoms with van der Waals surface area (Å²) in [5, 5.41) is 0. The van der Waals surface area contributed by atoms with Crippen molar-refractivity contribution < 1.29 is 21.4 Å². The van der Waals surface area contributed by atoms with Crippen molar-refractivity contribution in [1.29, 1.82) is 0 Å². The monoisotopic (exact) mass is 215 g/mol. The van der Waals surface area contributed by atoms with E-state index in [1.54, 1.807) is 0 Å². The van der Waals surface area contributed by atoms with Gasteiger partial charge in [0.05, 0.1) is 12.3 Å². The summed E-state index contributed by atoms with van der Waals surface area (Å²) in [7, 11) is -6.35. The van der Waals surface area contributed by atoms with Gasteiger partial charge in [-0.3, -0.25) is 4.55 Å². The number of hydrogen-bond acceptors (Lipinski definition) is 5. The van der Waals surface area contributed by atoms with E-state index in [1.807, 2.05) is 0 Å². The van der Waals surface area contributed by atoms with Gasteiger partial charge in [0.25, 0.3) is 10.1 Å². The van der Waals surface area contributed by atoms with Gasteiger partial charge in [0.15, 0.2) is 0 Å². The highest BCUT2D eigenvalue weighted by atomic mass is 32.2. The lowest BCUT2D eigenvalue weighted by Gasteiger charge is -1.92. The van der Waals surface area contributed by atoms with E-state index in [1.165, 1.54) is 0 Å². The van der Waals surface area contributed by atoms with Crippen LogP contribution in [0.4, 0.5) is 0 Å². The summed E-state index contributed by atoms with van der Waals surface area (Å²) in [4.78, 5) is 0. The highest BCUT2D eigenvalue weighted by Gasteiger charge is 2.02. The fourth-order valence-electron chi connectivity index (χ4n) is 0.535. The Kier molecular flexibility index (Phi) is 5.02. The second-order valence-electron chi connectivity index (χ2n) is 2.06. The normalized spacial score (nSPS) is 11.1. The summed E-state index contributed by atoms with van der Waals surface area (Å²) in [6.45, 7) is 0.0611. The SMILES string of the molecule is O=S(=O)=NCCCCS(=O)(=O)O. The molecule has 0 saturated heterocycles. The number of hydrogen-bond donors (Lipinski definition) is 1. The summed E-state index contributed by atoms with van der Waals surface area (Å²) < 4.78 is 51.2. The van der Waals surface area contributed by atoms with E-state index >= 15 is 0 Å². The minimum absolute atomic E-state index is 0.0611. The molecule has 0 spiro atoms. The zero-order chi connectivity index (χ0) is 9.61. The van der Waals surface area contributed by atoms with Crippen LogP contribution in [0.15, 0.2) is 4.36 Å². The first-order valence-electron chi connectivity index (χ1n) is 3.14. The van der Waals surface area contributed by atoms with Crippen LogP contribution in [0.1, 0.15) is 12.8 Å². The summed E-state index contributed by atoms with van der Waals surface area (Å²) in [5.74, 6) is -0.353. The predicted octanol–water partition coefficient (Wildman–Crippen LogP) is -0.283. The zero-order valence-corrected chi connectivity index (χ0v) is 7.81. The van der Waals surface area contributed by atoms with Gasteiger partial charge in [-0.15, -0.1) is 0 Å². The summed E-state index contributed by atoms with van der Waals surface area (Å²) in [6.07, 6.45) is 0.535. The minimum Gasteiger partial charge on any atom is -0.286 e. The van der Waals surface area contributed by atoms with E-state index < -0.39 is 20.6 Å². The molecule has 0 unspecified atom stereocenters. The van der Waals surface area contributed by atoms with Gasteiger partial charge >= 0.3 is 10.5 Å². The van der Waals surface area contributed by atoms with Crippen molar-refractivity contribution in [3.05, 3.63) is 0 Å². The maximum Gasteiger partial charge on any atom is 0.311 e. The van der Waals surface area contributed by atoms with Crippen molar-refractivity contribution in [3.8, 4) is 0 Å². The Hall–Kier alpha value is -0.470. The Morgan fingerprint density at radius 2 is 1.83 bits per heavy atom. The molecule has 0 rings (SSSR count). The van der Waals surface area contributed by atoms with Crippen molar-refractivity contribution >= 4 is 20.6 Å². The topological polar surface area (TPSA) is 101 Å². The third-order valence-electron chi connectivity index (χ3n) is 1.01. The molecule has 0 aliphatic rings. The lowest BCUT2D eigenvalue weighted by Crippen LogP contribution is -2.03. The molecule has 0 heterocycles. The van der Waals surface area contributed by atoms with Crippen molar-refractivity contribution in [1.82, 2.24) is 0 Å². The van der Waals surface area contributed by atoms with E-state index in [0.717, 1.165) is 0 Å². The van der Waals surface area contributed by atoms with E-state index in [9.17, 15) is 16.8 Å². The number of unbranched alkanes of at least 4 members (excludes halogenated alkanes) is 1. The smallest absolute Gasteiger partial charge is 0.286 e. The first-order chi connectivity index (χ1) is 5.42. The Morgan fingerprint density at radius 1 is 1.25 bits per heavy atom. The highest BCUT2D eigenvalue weighted by Crippen LogP contribution is 1.93. The van der Waals surface area contributed by atoms with E-state index in [4.69, 9.17) is 4.55 Å². The van der Waals surface area contributed by atoms with Crippen LogP contribution in [0.3, 0.4) is 0 Å². The fourth-order valence-corrected chi connectivity index (χ4v) is 1.38. The molecule has 0 aromatic rings. The largest absolute Gasteiger partial charge is 0.311 e. The second kappa shape index (κ2) is 5.22. The zero-order valence-electron chi connectivity index (χ0n) is 6.17. The Bertz CT molecular complexity index is 332. The van der Waals surface area contributed by atoms with E-state index in [-0.39, 0.29) is 18.7 Å². The van der Waals surface area contributed by atoms with Gasteiger partial charge in [0, 0.05) is 0 Å². The minimum atomic E-state index is -3.92.